The molecule has 1 aliphatic heterocycles. The number of carbonyl (C=O) groups is 1. The Balaban J connectivity index is 0.00000442. The fourth-order valence-corrected chi connectivity index (χ4v) is 5.23. The van der Waals surface area contributed by atoms with Gasteiger partial charge in [-0.15, -0.1) is 12.4 Å². The van der Waals surface area contributed by atoms with E-state index in [1.54, 1.807) is 26.0 Å². The number of benzene rings is 3. The highest BCUT2D eigenvalue weighted by Crippen LogP contribution is 2.27. The van der Waals surface area contributed by atoms with Gasteiger partial charge in [0.1, 0.15) is 17.3 Å². The fraction of sp³-hybridized carbons (Fsp3) is 0.389. The van der Waals surface area contributed by atoms with E-state index in [0.29, 0.717) is 37.0 Å². The number of oxazole rings is 1. The van der Waals surface area contributed by atoms with E-state index in [-0.39, 0.29) is 18.4 Å². The van der Waals surface area contributed by atoms with E-state index < -0.39 is 5.60 Å². The Kier molecular flexibility index (Phi) is 11.9. The molecule has 4 aromatic rings. The molecule has 0 unspecified atom stereocenters. The number of hydrogen-bond donors (Lipinski definition) is 0. The van der Waals surface area contributed by atoms with E-state index in [1.165, 1.54) is 24.8 Å². The summed E-state index contributed by atoms with van der Waals surface area (Å²) in [5.74, 6) is 2.33. The molecule has 8 heteroatoms. The lowest BCUT2D eigenvalue weighted by atomic mass is 10.0. The zero-order chi connectivity index (χ0) is 30.1. The quantitative estimate of drug-likeness (QED) is 0.111. The molecular weight excluding hydrogens is 576 g/mol. The molecule has 234 valence electrons. The number of hydrogen-bond acceptors (Lipinski definition) is 7. The standard InChI is InChI=1S/C36H42N2O5.ClH/c1-27-33(37-34(42-27)30-15-13-29(14-16-30)28-11-6-4-7-12-28)21-26-40-31-17-19-32(20-18-31)43-36(2,3)35(39)41-25-10-24-38-22-8-5-9-23-38;/h4,6-7,11-20H,5,8-10,21-26H2,1-3H3;1H. The maximum absolute atomic E-state index is 12.7. The van der Waals surface area contributed by atoms with Gasteiger partial charge in [0.05, 0.1) is 18.9 Å². The lowest BCUT2D eigenvalue weighted by molar-refractivity contribution is -0.159. The van der Waals surface area contributed by atoms with Crippen molar-refractivity contribution in [3.63, 3.8) is 0 Å². The largest absolute Gasteiger partial charge is 0.493 e. The van der Waals surface area contributed by atoms with E-state index in [0.717, 1.165) is 48.6 Å². The van der Waals surface area contributed by atoms with Gasteiger partial charge in [0.25, 0.3) is 0 Å². The second-order valence-electron chi connectivity index (χ2n) is 11.5. The molecule has 5 rings (SSSR count). The van der Waals surface area contributed by atoms with Crippen molar-refractivity contribution >= 4 is 18.4 Å². The third kappa shape index (κ3) is 9.10. The van der Waals surface area contributed by atoms with Gasteiger partial charge < -0.3 is 23.5 Å². The molecule has 3 aromatic carbocycles. The van der Waals surface area contributed by atoms with Crippen molar-refractivity contribution in [2.75, 3.05) is 32.8 Å². The molecule has 0 atom stereocenters. The second kappa shape index (κ2) is 15.8. The van der Waals surface area contributed by atoms with Crippen molar-refractivity contribution in [2.45, 2.75) is 58.5 Å². The Bertz CT molecular complexity index is 1450. The Hall–Kier alpha value is -3.81. The number of ether oxygens (including phenoxy) is 3. The third-order valence-corrected chi connectivity index (χ3v) is 7.73. The number of carbonyl (C=O) groups excluding carboxylic acids is 1. The summed E-state index contributed by atoms with van der Waals surface area (Å²) in [7, 11) is 0. The number of likely N-dealkylation sites (tertiary alicyclic amines) is 1. The zero-order valence-electron chi connectivity index (χ0n) is 25.9. The van der Waals surface area contributed by atoms with Crippen molar-refractivity contribution in [1.82, 2.24) is 9.88 Å². The summed E-state index contributed by atoms with van der Waals surface area (Å²) in [6.45, 7) is 9.51. The van der Waals surface area contributed by atoms with E-state index in [1.807, 2.05) is 49.4 Å². The lowest BCUT2D eigenvalue weighted by Gasteiger charge is -2.27. The minimum absolute atomic E-state index is 0. The molecule has 0 saturated carbocycles. The molecule has 1 aromatic heterocycles. The topological polar surface area (TPSA) is 74.0 Å². The maximum atomic E-state index is 12.7. The minimum Gasteiger partial charge on any atom is -0.493 e. The van der Waals surface area contributed by atoms with Crippen LogP contribution in [0.15, 0.2) is 83.3 Å². The van der Waals surface area contributed by atoms with E-state index in [2.05, 4.69) is 29.2 Å². The summed E-state index contributed by atoms with van der Waals surface area (Å²) in [5, 5.41) is 0. The monoisotopic (exact) mass is 618 g/mol. The summed E-state index contributed by atoms with van der Waals surface area (Å²) in [5.41, 5.74) is 3.06. The van der Waals surface area contributed by atoms with Gasteiger partial charge >= 0.3 is 5.97 Å². The summed E-state index contributed by atoms with van der Waals surface area (Å²) < 4.78 is 23.4. The number of nitrogens with zero attached hydrogens (tertiary/aromatic N) is 2. The lowest BCUT2D eigenvalue weighted by Crippen LogP contribution is -2.40. The van der Waals surface area contributed by atoms with Crippen molar-refractivity contribution in [3.8, 4) is 34.1 Å². The van der Waals surface area contributed by atoms with Crippen LogP contribution in [0.3, 0.4) is 0 Å². The van der Waals surface area contributed by atoms with Crippen LogP contribution in [0.4, 0.5) is 0 Å². The number of piperidine rings is 1. The van der Waals surface area contributed by atoms with Crippen molar-refractivity contribution < 1.29 is 23.4 Å². The second-order valence-corrected chi connectivity index (χ2v) is 11.5. The molecule has 0 radical (unpaired) electrons. The van der Waals surface area contributed by atoms with Crippen molar-refractivity contribution in [3.05, 3.63) is 90.3 Å². The molecule has 7 nitrogen and oxygen atoms in total. The van der Waals surface area contributed by atoms with Crippen LogP contribution in [-0.4, -0.2) is 54.3 Å². The Labute approximate surface area is 267 Å². The van der Waals surface area contributed by atoms with Gasteiger partial charge in [-0.3, -0.25) is 0 Å². The molecule has 1 saturated heterocycles. The fourth-order valence-electron chi connectivity index (χ4n) is 5.23. The molecule has 44 heavy (non-hydrogen) atoms. The van der Waals surface area contributed by atoms with Gasteiger partial charge in [0.15, 0.2) is 5.60 Å². The zero-order valence-corrected chi connectivity index (χ0v) is 26.7. The summed E-state index contributed by atoms with van der Waals surface area (Å²) in [4.78, 5) is 19.8. The van der Waals surface area contributed by atoms with Crippen molar-refractivity contribution in [1.29, 1.82) is 0 Å². The van der Waals surface area contributed by atoms with Crippen LogP contribution in [-0.2, 0) is 16.0 Å². The highest BCUT2D eigenvalue weighted by molar-refractivity contribution is 5.85. The predicted molar refractivity (Wildman–Crippen MR) is 176 cm³/mol. The van der Waals surface area contributed by atoms with Crippen LogP contribution < -0.4 is 9.47 Å². The molecule has 0 amide bonds. The number of aryl methyl sites for hydroxylation is 1. The van der Waals surface area contributed by atoms with Crippen molar-refractivity contribution in [2.24, 2.45) is 0 Å². The SMILES string of the molecule is Cc1oc(-c2ccc(-c3ccccc3)cc2)nc1CCOc1ccc(OC(C)(C)C(=O)OCCCN2CCCCC2)cc1.Cl. The van der Waals surface area contributed by atoms with Crippen LogP contribution in [0, 0.1) is 6.92 Å². The molecule has 0 N–H and O–H groups in total. The summed E-state index contributed by atoms with van der Waals surface area (Å²) in [6, 6.07) is 25.8. The smallest absolute Gasteiger partial charge is 0.349 e. The van der Waals surface area contributed by atoms with Gasteiger partial charge in [-0.05, 0) is 101 Å². The summed E-state index contributed by atoms with van der Waals surface area (Å²) in [6.07, 6.45) is 5.30. The van der Waals surface area contributed by atoms with E-state index in [9.17, 15) is 4.79 Å². The first kappa shape index (κ1) is 33.1. The Morgan fingerprint density at radius 1 is 0.841 bits per heavy atom. The first-order chi connectivity index (χ1) is 20.9. The van der Waals surface area contributed by atoms with Crippen LogP contribution in [0.1, 0.15) is 51.0 Å². The van der Waals surface area contributed by atoms with Gasteiger partial charge in [-0.2, -0.15) is 0 Å². The van der Waals surface area contributed by atoms with Crippen LogP contribution in [0.25, 0.3) is 22.6 Å². The normalized spacial score (nSPS) is 13.6. The molecule has 1 fully saturated rings. The first-order valence-electron chi connectivity index (χ1n) is 15.3. The van der Waals surface area contributed by atoms with E-state index in [4.69, 9.17) is 23.6 Å². The Morgan fingerprint density at radius 2 is 1.48 bits per heavy atom. The van der Waals surface area contributed by atoms with Gasteiger partial charge in [-0.25, -0.2) is 9.78 Å². The minimum atomic E-state index is -1.09. The number of rotatable bonds is 13. The average Bonchev–Trinajstić information content (AvgIpc) is 3.41. The van der Waals surface area contributed by atoms with Gasteiger partial charge in [0.2, 0.25) is 5.89 Å². The van der Waals surface area contributed by atoms with Gasteiger partial charge in [0, 0.05) is 18.5 Å². The first-order valence-corrected chi connectivity index (χ1v) is 15.3. The molecule has 0 aliphatic carbocycles. The number of aromatic nitrogens is 1. The molecule has 1 aliphatic rings. The van der Waals surface area contributed by atoms with Crippen LogP contribution in [0.2, 0.25) is 0 Å². The predicted octanol–water partition coefficient (Wildman–Crippen LogP) is 7.94. The molecule has 0 bridgehead atoms. The van der Waals surface area contributed by atoms with Crippen LogP contribution >= 0.6 is 12.4 Å². The number of halogens is 1. The Morgan fingerprint density at radius 3 is 2.18 bits per heavy atom. The molecule has 0 spiro atoms. The maximum Gasteiger partial charge on any atom is 0.349 e. The highest BCUT2D eigenvalue weighted by atomic mass is 35.5. The number of esters is 1. The van der Waals surface area contributed by atoms with Crippen LogP contribution in [0.5, 0.6) is 11.5 Å². The van der Waals surface area contributed by atoms with Gasteiger partial charge in [-0.1, -0.05) is 48.9 Å². The summed E-state index contributed by atoms with van der Waals surface area (Å²) >= 11 is 0. The molecule has 2 heterocycles. The average molecular weight is 619 g/mol. The third-order valence-electron chi connectivity index (χ3n) is 7.73. The highest BCUT2D eigenvalue weighted by Gasteiger charge is 2.32. The van der Waals surface area contributed by atoms with E-state index >= 15 is 0 Å². The molecular formula is C36H43ClN2O5.